The summed E-state index contributed by atoms with van der Waals surface area (Å²) in [7, 11) is 0. The number of amides is 1. The molecule has 0 aliphatic heterocycles. The topological polar surface area (TPSA) is 77.5 Å². The van der Waals surface area contributed by atoms with Gasteiger partial charge in [-0.25, -0.2) is 9.78 Å². The number of hydrogen-bond acceptors (Lipinski definition) is 5. The van der Waals surface area contributed by atoms with E-state index in [4.69, 9.17) is 9.47 Å². The van der Waals surface area contributed by atoms with Gasteiger partial charge in [-0.3, -0.25) is 4.79 Å². The van der Waals surface area contributed by atoms with Crippen molar-refractivity contribution in [3.63, 3.8) is 0 Å². The minimum absolute atomic E-state index is 0.193. The van der Waals surface area contributed by atoms with Crippen LogP contribution >= 0.6 is 0 Å². The number of aryl methyl sites for hydroxylation is 1. The van der Waals surface area contributed by atoms with Gasteiger partial charge in [0, 0.05) is 11.9 Å². The number of anilines is 1. The van der Waals surface area contributed by atoms with Gasteiger partial charge in [0.25, 0.3) is 5.91 Å². The monoisotopic (exact) mass is 328 g/mol. The second kappa shape index (κ2) is 8.10. The second-order valence-electron chi connectivity index (χ2n) is 5.16. The largest absolute Gasteiger partial charge is 0.477 e. The summed E-state index contributed by atoms with van der Waals surface area (Å²) >= 11 is 0. The summed E-state index contributed by atoms with van der Waals surface area (Å²) in [5.41, 5.74) is 2.94. The van der Waals surface area contributed by atoms with E-state index < -0.39 is 11.9 Å². The molecule has 0 radical (unpaired) electrons. The Morgan fingerprint density at radius 1 is 1.17 bits per heavy atom. The molecule has 0 aliphatic rings. The van der Waals surface area contributed by atoms with E-state index in [1.807, 2.05) is 26.0 Å². The van der Waals surface area contributed by atoms with Crippen molar-refractivity contribution in [3.05, 3.63) is 53.2 Å². The molecule has 2 rings (SSSR count). The molecule has 0 spiro atoms. The lowest BCUT2D eigenvalue weighted by atomic mass is 10.1. The highest BCUT2D eigenvalue weighted by Crippen LogP contribution is 2.18. The van der Waals surface area contributed by atoms with Gasteiger partial charge in [0.15, 0.2) is 6.61 Å². The van der Waals surface area contributed by atoms with E-state index in [0.717, 1.165) is 11.1 Å². The van der Waals surface area contributed by atoms with Crippen LogP contribution < -0.4 is 10.1 Å². The van der Waals surface area contributed by atoms with E-state index in [1.165, 1.54) is 6.20 Å². The van der Waals surface area contributed by atoms with E-state index in [1.54, 1.807) is 25.1 Å². The molecule has 1 amide bonds. The maximum Gasteiger partial charge on any atom is 0.344 e. The van der Waals surface area contributed by atoms with Crippen molar-refractivity contribution >= 4 is 17.6 Å². The number of ether oxygens (including phenoxy) is 2. The Labute approximate surface area is 140 Å². The summed E-state index contributed by atoms with van der Waals surface area (Å²) in [6, 6.07) is 8.77. The normalized spacial score (nSPS) is 10.1. The molecule has 126 valence electrons. The third-order valence-corrected chi connectivity index (χ3v) is 3.49. The third kappa shape index (κ3) is 4.32. The third-order valence-electron chi connectivity index (χ3n) is 3.49. The molecule has 0 saturated heterocycles. The highest BCUT2D eigenvalue weighted by molar-refractivity contribution is 5.96. The van der Waals surface area contributed by atoms with Crippen LogP contribution in [0, 0.1) is 13.8 Å². The molecule has 24 heavy (non-hydrogen) atoms. The smallest absolute Gasteiger partial charge is 0.344 e. The first kappa shape index (κ1) is 17.5. The fourth-order valence-electron chi connectivity index (χ4n) is 2.08. The number of esters is 1. The van der Waals surface area contributed by atoms with Crippen LogP contribution in [0.2, 0.25) is 0 Å². The molecule has 6 heteroatoms. The van der Waals surface area contributed by atoms with Gasteiger partial charge >= 0.3 is 5.97 Å². The van der Waals surface area contributed by atoms with E-state index in [-0.39, 0.29) is 18.1 Å². The number of carbonyl (C=O) groups excluding carboxylic acids is 2. The Kier molecular flexibility index (Phi) is 5.89. The molecule has 0 bridgehead atoms. The predicted molar refractivity (Wildman–Crippen MR) is 90.2 cm³/mol. The number of nitrogens with one attached hydrogen (secondary N) is 1. The average molecular weight is 328 g/mol. The first-order chi connectivity index (χ1) is 11.5. The lowest BCUT2D eigenvalue weighted by Gasteiger charge is -2.11. The van der Waals surface area contributed by atoms with E-state index in [0.29, 0.717) is 12.3 Å². The molecule has 1 aromatic heterocycles. The first-order valence-corrected chi connectivity index (χ1v) is 7.64. The van der Waals surface area contributed by atoms with E-state index >= 15 is 0 Å². The maximum atomic E-state index is 12.1. The van der Waals surface area contributed by atoms with Gasteiger partial charge in [-0.2, -0.15) is 0 Å². The van der Waals surface area contributed by atoms with Gasteiger partial charge in [-0.05, 0) is 50.1 Å². The lowest BCUT2D eigenvalue weighted by molar-refractivity contribution is -0.119. The predicted octanol–water partition coefficient (Wildman–Crippen LogP) is 2.89. The standard InChI is InChI=1S/C18H20N2O4/c1-4-23-17-14(8-6-10-19-17)18(22)24-11-16(21)20-15-9-5-7-12(2)13(15)3/h5-10H,4,11H2,1-3H3,(H,20,21). The number of rotatable bonds is 6. The quantitative estimate of drug-likeness (QED) is 0.825. The van der Waals surface area contributed by atoms with Gasteiger partial charge in [-0.15, -0.1) is 0 Å². The van der Waals surface area contributed by atoms with Crippen molar-refractivity contribution in [1.82, 2.24) is 4.98 Å². The summed E-state index contributed by atoms with van der Waals surface area (Å²) in [5, 5.41) is 2.73. The van der Waals surface area contributed by atoms with Crippen LogP contribution in [0.1, 0.15) is 28.4 Å². The van der Waals surface area contributed by atoms with Crippen LogP contribution in [-0.4, -0.2) is 30.1 Å². The number of nitrogens with zero attached hydrogens (tertiary/aromatic N) is 1. The van der Waals surface area contributed by atoms with Crippen molar-refractivity contribution in [1.29, 1.82) is 0 Å². The zero-order valence-electron chi connectivity index (χ0n) is 14.0. The maximum absolute atomic E-state index is 12.1. The lowest BCUT2D eigenvalue weighted by Crippen LogP contribution is -2.21. The number of aromatic nitrogens is 1. The Hall–Kier alpha value is -2.89. The zero-order valence-corrected chi connectivity index (χ0v) is 14.0. The summed E-state index contributed by atoms with van der Waals surface area (Å²) in [5.74, 6) is -0.860. The molecule has 1 heterocycles. The number of hydrogen-bond donors (Lipinski definition) is 1. The zero-order chi connectivity index (χ0) is 17.5. The van der Waals surface area contributed by atoms with Gasteiger partial charge in [-0.1, -0.05) is 12.1 Å². The van der Waals surface area contributed by atoms with Crippen LogP contribution in [0.4, 0.5) is 5.69 Å². The average Bonchev–Trinajstić information content (AvgIpc) is 2.58. The van der Waals surface area contributed by atoms with Crippen LogP contribution in [0.15, 0.2) is 36.5 Å². The minimum atomic E-state index is -0.650. The molecule has 1 N–H and O–H groups in total. The van der Waals surface area contributed by atoms with E-state index in [9.17, 15) is 9.59 Å². The molecule has 0 unspecified atom stereocenters. The summed E-state index contributed by atoms with van der Waals surface area (Å²) in [6.45, 7) is 5.67. The molecular weight excluding hydrogens is 308 g/mol. The Bertz CT molecular complexity index is 744. The van der Waals surface area contributed by atoms with Gasteiger partial charge in [0.05, 0.1) is 6.61 Å². The Balaban J connectivity index is 1.97. The number of pyridine rings is 1. The van der Waals surface area contributed by atoms with E-state index in [2.05, 4.69) is 10.3 Å². The van der Waals surface area contributed by atoms with Crippen LogP contribution in [-0.2, 0) is 9.53 Å². The fraction of sp³-hybridized carbons (Fsp3) is 0.278. The van der Waals surface area contributed by atoms with Crippen molar-refractivity contribution in [3.8, 4) is 5.88 Å². The van der Waals surface area contributed by atoms with Gasteiger partial charge in [0.2, 0.25) is 5.88 Å². The molecule has 2 aromatic rings. The van der Waals surface area contributed by atoms with Crippen LogP contribution in [0.5, 0.6) is 5.88 Å². The molecular formula is C18H20N2O4. The van der Waals surface area contributed by atoms with Crippen LogP contribution in [0.25, 0.3) is 0 Å². The first-order valence-electron chi connectivity index (χ1n) is 7.64. The minimum Gasteiger partial charge on any atom is -0.477 e. The fourth-order valence-corrected chi connectivity index (χ4v) is 2.08. The Morgan fingerprint density at radius 3 is 2.71 bits per heavy atom. The summed E-state index contributed by atoms with van der Waals surface area (Å²) in [4.78, 5) is 28.1. The number of benzene rings is 1. The highest BCUT2D eigenvalue weighted by atomic mass is 16.5. The number of carbonyl (C=O) groups is 2. The Morgan fingerprint density at radius 2 is 1.96 bits per heavy atom. The molecule has 0 fully saturated rings. The summed E-state index contributed by atoms with van der Waals surface area (Å²) in [6.07, 6.45) is 1.52. The van der Waals surface area contributed by atoms with Crippen molar-refractivity contribution in [2.24, 2.45) is 0 Å². The molecule has 0 atom stereocenters. The van der Waals surface area contributed by atoms with Crippen molar-refractivity contribution < 1.29 is 19.1 Å². The van der Waals surface area contributed by atoms with Gasteiger partial charge in [0.1, 0.15) is 5.56 Å². The highest BCUT2D eigenvalue weighted by Gasteiger charge is 2.16. The van der Waals surface area contributed by atoms with Crippen LogP contribution in [0.3, 0.4) is 0 Å². The molecule has 0 saturated carbocycles. The van der Waals surface area contributed by atoms with Gasteiger partial charge < -0.3 is 14.8 Å². The molecule has 6 nitrogen and oxygen atoms in total. The second-order valence-corrected chi connectivity index (χ2v) is 5.16. The van der Waals surface area contributed by atoms with Crippen molar-refractivity contribution in [2.75, 3.05) is 18.5 Å². The molecule has 0 aliphatic carbocycles. The molecule has 1 aromatic carbocycles. The summed E-state index contributed by atoms with van der Waals surface area (Å²) < 4.78 is 10.3. The SMILES string of the molecule is CCOc1ncccc1C(=O)OCC(=O)Nc1cccc(C)c1C. The van der Waals surface area contributed by atoms with Crippen molar-refractivity contribution in [2.45, 2.75) is 20.8 Å².